The maximum atomic E-state index is 14.8. The number of aliphatic imine (C=N–C) groups is 1. The number of carbonyl (C=O) groups is 1. The van der Waals surface area contributed by atoms with Gasteiger partial charge in [-0.1, -0.05) is 0 Å². The number of sulfone groups is 1. The lowest BCUT2D eigenvalue weighted by Crippen LogP contribution is -2.56. The molecule has 1 aromatic heterocycles. The van der Waals surface area contributed by atoms with E-state index in [9.17, 15) is 22.0 Å². The monoisotopic (exact) mass is 483 g/mol. The summed E-state index contributed by atoms with van der Waals surface area (Å²) in [5, 5.41) is 2.49. The molecule has 1 aromatic carbocycles. The Labute approximate surface area is 189 Å². The zero-order chi connectivity index (χ0) is 24.6. The van der Waals surface area contributed by atoms with Gasteiger partial charge in [-0.3, -0.25) is 9.79 Å². The van der Waals surface area contributed by atoms with Crippen LogP contribution in [0.25, 0.3) is 0 Å². The molecule has 0 fully saturated rings. The maximum Gasteiger partial charge on any atom is 0.279 e. The summed E-state index contributed by atoms with van der Waals surface area (Å²) >= 11 is 0. The number of alkyl halides is 1. The average Bonchev–Trinajstić information content (AvgIpc) is 2.78. The van der Waals surface area contributed by atoms with Crippen molar-refractivity contribution in [3.8, 4) is 11.8 Å². The third-order valence-corrected chi connectivity index (χ3v) is 8.06. The molecule has 178 valence electrons. The van der Waals surface area contributed by atoms with Gasteiger partial charge < -0.3 is 20.5 Å². The Bertz CT molecular complexity index is 1240. The number of nitrogens with two attached hydrogens (primary N) is 1. The van der Waals surface area contributed by atoms with Crippen LogP contribution in [0.4, 0.5) is 14.5 Å². The number of nitrogens with one attached hydrogen (secondary N) is 1. The van der Waals surface area contributed by atoms with Gasteiger partial charge in [0.1, 0.15) is 28.6 Å². The van der Waals surface area contributed by atoms with Crippen LogP contribution in [0.5, 0.6) is 11.8 Å². The van der Waals surface area contributed by atoms with Gasteiger partial charge in [-0.15, -0.1) is 0 Å². The van der Waals surface area contributed by atoms with Crippen molar-refractivity contribution in [2.75, 3.05) is 32.0 Å². The number of amides is 1. The second-order valence-corrected chi connectivity index (χ2v) is 10.4. The van der Waals surface area contributed by atoms with Crippen molar-refractivity contribution in [1.82, 2.24) is 9.97 Å². The summed E-state index contributed by atoms with van der Waals surface area (Å²) in [6, 6.07) is 3.30. The molecule has 3 rings (SSSR count). The fourth-order valence-electron chi connectivity index (χ4n) is 3.23. The summed E-state index contributed by atoms with van der Waals surface area (Å²) in [5.74, 6) is -2.79. The normalized spacial score (nSPS) is 21.1. The highest BCUT2D eigenvalue weighted by Crippen LogP contribution is 2.39. The smallest absolute Gasteiger partial charge is 0.279 e. The number of hydrogen-bond acceptors (Lipinski definition) is 9. The van der Waals surface area contributed by atoms with Gasteiger partial charge >= 0.3 is 0 Å². The molecule has 0 aliphatic carbocycles. The number of benzene rings is 1. The Balaban J connectivity index is 2.03. The maximum absolute atomic E-state index is 14.8. The Morgan fingerprint density at radius 1 is 1.27 bits per heavy atom. The molecule has 13 heteroatoms. The van der Waals surface area contributed by atoms with Crippen LogP contribution in [0.3, 0.4) is 0 Å². The zero-order valence-corrected chi connectivity index (χ0v) is 19.2. The molecular weight excluding hydrogens is 460 g/mol. The number of ether oxygens (including phenoxy) is 2. The topological polar surface area (TPSA) is 146 Å². The van der Waals surface area contributed by atoms with E-state index < -0.39 is 44.3 Å². The van der Waals surface area contributed by atoms with Gasteiger partial charge in [0, 0.05) is 11.3 Å². The second-order valence-electron chi connectivity index (χ2n) is 7.85. The van der Waals surface area contributed by atoms with Crippen molar-refractivity contribution in [2.45, 2.75) is 24.1 Å². The van der Waals surface area contributed by atoms with E-state index >= 15 is 0 Å². The number of hydrogen-bond donors (Lipinski definition) is 2. The van der Waals surface area contributed by atoms with E-state index in [0.29, 0.717) is 0 Å². The van der Waals surface area contributed by atoms with Gasteiger partial charge in [0.25, 0.3) is 5.91 Å². The Hall–Kier alpha value is -3.35. The molecular formula is C20H23F2N5O5S. The highest BCUT2D eigenvalue weighted by atomic mass is 32.2. The van der Waals surface area contributed by atoms with Crippen LogP contribution >= 0.6 is 0 Å². The van der Waals surface area contributed by atoms with E-state index in [0.717, 1.165) is 12.1 Å². The second kappa shape index (κ2) is 8.54. The molecule has 0 radical (unpaired) electrons. The predicted octanol–water partition coefficient (Wildman–Crippen LogP) is 1.61. The molecule has 1 amide bonds. The van der Waals surface area contributed by atoms with Crippen LogP contribution in [-0.4, -0.2) is 61.5 Å². The largest absolute Gasteiger partial charge is 0.480 e. The fraction of sp³-hybridized carbons (Fsp3) is 0.400. The van der Waals surface area contributed by atoms with Crippen LogP contribution in [0.2, 0.25) is 0 Å². The van der Waals surface area contributed by atoms with E-state index in [4.69, 9.17) is 15.2 Å². The van der Waals surface area contributed by atoms with E-state index in [-0.39, 0.29) is 34.5 Å². The van der Waals surface area contributed by atoms with Gasteiger partial charge in [0.15, 0.2) is 15.5 Å². The molecule has 33 heavy (non-hydrogen) atoms. The number of methoxy groups -OCH3 is 2. The predicted molar refractivity (Wildman–Crippen MR) is 117 cm³/mol. The number of halogens is 2. The summed E-state index contributed by atoms with van der Waals surface area (Å²) in [7, 11) is -1.33. The molecule has 1 unspecified atom stereocenters. The van der Waals surface area contributed by atoms with Crippen LogP contribution < -0.4 is 20.5 Å². The van der Waals surface area contributed by atoms with Crippen molar-refractivity contribution in [3.05, 3.63) is 41.5 Å². The molecule has 0 saturated heterocycles. The van der Waals surface area contributed by atoms with Crippen LogP contribution in [0, 0.1) is 5.82 Å². The minimum atomic E-state index is -3.99. The molecule has 1 aliphatic rings. The lowest BCUT2D eigenvalue weighted by Gasteiger charge is -2.38. The first-order valence-electron chi connectivity index (χ1n) is 9.61. The minimum absolute atomic E-state index is 0.0416. The molecule has 1 aliphatic heterocycles. The van der Waals surface area contributed by atoms with Gasteiger partial charge in [-0.05, 0) is 32.0 Å². The lowest BCUT2D eigenvalue weighted by molar-refractivity contribution is 0.101. The third-order valence-electron chi connectivity index (χ3n) is 5.44. The van der Waals surface area contributed by atoms with Crippen molar-refractivity contribution >= 4 is 27.3 Å². The standard InChI is InChI=1S/C20H23F2N5O5S/c1-19(2)18(23)27-20(9-21,10-33(19,29)30)12-7-11(5-6-13(12)22)25-16(28)15-17(32-4)26-14(31-3)8-24-15/h5-8H,9-10H2,1-4H3,(H2,23,27)(H,25,28). The Morgan fingerprint density at radius 3 is 2.55 bits per heavy atom. The van der Waals surface area contributed by atoms with E-state index in [1.165, 1.54) is 40.3 Å². The molecule has 1 atom stereocenters. The molecule has 3 N–H and O–H groups in total. The number of amidine groups is 1. The summed E-state index contributed by atoms with van der Waals surface area (Å²) in [4.78, 5) is 24.7. The van der Waals surface area contributed by atoms with Crippen molar-refractivity contribution in [3.63, 3.8) is 0 Å². The van der Waals surface area contributed by atoms with E-state index in [2.05, 4.69) is 20.3 Å². The fourth-order valence-corrected chi connectivity index (χ4v) is 4.88. The first-order chi connectivity index (χ1) is 15.4. The Morgan fingerprint density at radius 2 is 1.97 bits per heavy atom. The molecule has 2 heterocycles. The van der Waals surface area contributed by atoms with Crippen LogP contribution in [0.1, 0.15) is 29.9 Å². The van der Waals surface area contributed by atoms with Crippen molar-refractivity contribution < 1.29 is 31.5 Å². The quantitative estimate of drug-likeness (QED) is 0.630. The molecule has 2 aromatic rings. The highest BCUT2D eigenvalue weighted by Gasteiger charge is 2.52. The number of rotatable bonds is 6. The number of carbonyl (C=O) groups excluding carboxylic acids is 1. The van der Waals surface area contributed by atoms with Crippen molar-refractivity contribution in [2.24, 2.45) is 10.7 Å². The number of aromatic nitrogens is 2. The number of nitrogens with zero attached hydrogens (tertiary/aromatic N) is 3. The average molecular weight is 483 g/mol. The first-order valence-corrected chi connectivity index (χ1v) is 11.3. The van der Waals surface area contributed by atoms with Gasteiger partial charge in [-0.2, -0.15) is 4.98 Å². The molecule has 0 bridgehead atoms. The van der Waals surface area contributed by atoms with Crippen molar-refractivity contribution in [1.29, 1.82) is 0 Å². The zero-order valence-electron chi connectivity index (χ0n) is 18.3. The van der Waals surface area contributed by atoms with E-state index in [1.807, 2.05) is 0 Å². The summed E-state index contributed by atoms with van der Waals surface area (Å²) < 4.78 is 63.1. The summed E-state index contributed by atoms with van der Waals surface area (Å²) in [6.45, 7) is 1.37. The van der Waals surface area contributed by atoms with Gasteiger partial charge in [0.05, 0.1) is 26.2 Å². The van der Waals surface area contributed by atoms with Gasteiger partial charge in [0.2, 0.25) is 11.8 Å². The van der Waals surface area contributed by atoms with Gasteiger partial charge in [-0.25, -0.2) is 22.2 Å². The minimum Gasteiger partial charge on any atom is -0.480 e. The molecule has 0 saturated carbocycles. The molecule has 0 spiro atoms. The Kier molecular flexibility index (Phi) is 6.29. The lowest BCUT2D eigenvalue weighted by atomic mass is 9.92. The molecule has 10 nitrogen and oxygen atoms in total. The third kappa shape index (κ3) is 4.19. The highest BCUT2D eigenvalue weighted by molar-refractivity contribution is 7.93. The first kappa shape index (κ1) is 24.3. The van der Waals surface area contributed by atoms with Crippen LogP contribution in [-0.2, 0) is 15.4 Å². The van der Waals surface area contributed by atoms with Crippen LogP contribution in [0.15, 0.2) is 29.4 Å². The SMILES string of the molecule is COc1cnc(C(=O)Nc2ccc(F)c(C3(CF)CS(=O)(=O)C(C)(C)C(N)=N3)c2)c(OC)n1. The number of anilines is 1. The summed E-state index contributed by atoms with van der Waals surface area (Å²) in [5.41, 5.74) is 3.25. The summed E-state index contributed by atoms with van der Waals surface area (Å²) in [6.07, 6.45) is 1.21. The van der Waals surface area contributed by atoms with E-state index in [1.54, 1.807) is 0 Å².